The zero-order chi connectivity index (χ0) is 38.8. The third-order valence-electron chi connectivity index (χ3n) is 11.0. The molecule has 1 N–H and O–H groups in total. The van der Waals surface area contributed by atoms with E-state index in [1.165, 1.54) is 12.0 Å². The Bertz CT molecular complexity index is 1830. The van der Waals surface area contributed by atoms with E-state index in [-0.39, 0.29) is 49.1 Å². The first-order valence-electron chi connectivity index (χ1n) is 18.5. The fraction of sp³-hybridized carbons (Fsp3) is 0.550. The van der Waals surface area contributed by atoms with Crippen molar-refractivity contribution in [2.45, 2.75) is 89.8 Å². The number of hydrogen-bond acceptors (Lipinski definition) is 12. The lowest BCUT2D eigenvalue weighted by atomic mass is 9.84. The molecule has 2 fully saturated rings. The van der Waals surface area contributed by atoms with E-state index in [1.54, 1.807) is 39.2 Å². The number of likely N-dealkylation sites (N-methyl/N-ethyl adjacent to an activating group) is 1. The van der Waals surface area contributed by atoms with E-state index in [9.17, 15) is 28.8 Å². The molecule has 1 aliphatic carbocycles. The smallest absolute Gasteiger partial charge is 0.407 e. The third-order valence-corrected chi connectivity index (χ3v) is 11.0. The molecule has 14 heteroatoms. The number of likely N-dealkylation sites (tertiary alicyclic amines) is 2. The molecule has 4 aliphatic rings. The van der Waals surface area contributed by atoms with Crippen LogP contribution in [0.2, 0.25) is 0 Å². The molecule has 1 unspecified atom stereocenters. The first-order chi connectivity index (χ1) is 25.8. The topological polar surface area (TPSA) is 167 Å². The maximum Gasteiger partial charge on any atom is 0.407 e. The maximum atomic E-state index is 13.8. The van der Waals surface area contributed by atoms with Crippen molar-refractivity contribution in [2.24, 2.45) is 11.8 Å². The molecular weight excluding hydrogens is 698 g/mol. The van der Waals surface area contributed by atoms with Gasteiger partial charge in [-0.3, -0.25) is 24.1 Å². The highest BCUT2D eigenvalue weighted by Crippen LogP contribution is 2.42. The number of ketones is 2. The number of carbonyl (C=O) groups excluding carboxylic acids is 6. The number of nitrogens with zero attached hydrogens (tertiary/aromatic N) is 2. The molecule has 14 nitrogen and oxygen atoms in total. The number of benzene rings is 2. The molecule has 0 saturated carbocycles. The fourth-order valence-electron chi connectivity index (χ4n) is 8.12. The molecular formula is C40H49N3O11. The van der Waals surface area contributed by atoms with Gasteiger partial charge in [-0.05, 0) is 92.8 Å². The van der Waals surface area contributed by atoms with Crippen LogP contribution in [0, 0.1) is 11.8 Å². The minimum atomic E-state index is -1.02. The number of methoxy groups -OCH3 is 2. The second-order valence-electron chi connectivity index (χ2n) is 15.1. The number of aryl methyl sites for hydroxylation is 1. The molecule has 0 radical (unpaired) electrons. The van der Waals surface area contributed by atoms with Crippen LogP contribution in [0.4, 0.5) is 4.79 Å². The van der Waals surface area contributed by atoms with Gasteiger partial charge in [0.25, 0.3) is 0 Å². The Labute approximate surface area is 314 Å². The highest BCUT2D eigenvalue weighted by molar-refractivity contribution is 6.04. The molecule has 0 spiro atoms. The van der Waals surface area contributed by atoms with E-state index < -0.39 is 48.2 Å². The van der Waals surface area contributed by atoms with Gasteiger partial charge >= 0.3 is 18.0 Å². The van der Waals surface area contributed by atoms with Gasteiger partial charge in [-0.25, -0.2) is 9.59 Å². The number of carbonyl (C=O) groups is 6. The molecule has 6 atom stereocenters. The Morgan fingerprint density at radius 1 is 0.944 bits per heavy atom. The Hall–Kier alpha value is -4.82. The summed E-state index contributed by atoms with van der Waals surface area (Å²) < 4.78 is 27.3. The maximum absolute atomic E-state index is 13.8. The highest BCUT2D eigenvalue weighted by Gasteiger charge is 2.45. The first kappa shape index (κ1) is 38.9. The van der Waals surface area contributed by atoms with Crippen LogP contribution in [0.3, 0.4) is 0 Å². The van der Waals surface area contributed by atoms with E-state index in [0.29, 0.717) is 49.2 Å². The molecule has 2 amide bonds. The van der Waals surface area contributed by atoms with Crippen LogP contribution in [-0.4, -0.2) is 117 Å². The number of fused-ring (bicyclic) bond motifs is 4. The van der Waals surface area contributed by atoms with Gasteiger partial charge in [0.05, 0.1) is 13.7 Å². The van der Waals surface area contributed by atoms with E-state index in [0.717, 1.165) is 28.8 Å². The monoisotopic (exact) mass is 747 g/mol. The van der Waals surface area contributed by atoms with Gasteiger partial charge in [-0.15, -0.1) is 0 Å². The van der Waals surface area contributed by atoms with Crippen molar-refractivity contribution in [1.82, 2.24) is 15.1 Å². The molecule has 2 aromatic rings. The van der Waals surface area contributed by atoms with E-state index in [1.807, 2.05) is 31.0 Å². The molecule has 6 rings (SSSR count). The van der Waals surface area contributed by atoms with Gasteiger partial charge in [-0.1, -0.05) is 26.0 Å². The Balaban J connectivity index is 1.10. The number of Topliss-reactive ketones (excluding diaryl/α,β-unsaturated/α-hetero) is 2. The molecule has 3 heterocycles. The van der Waals surface area contributed by atoms with Crippen LogP contribution in [0.15, 0.2) is 30.3 Å². The Kier molecular flexibility index (Phi) is 11.7. The van der Waals surface area contributed by atoms with E-state index in [2.05, 4.69) is 5.32 Å². The number of esters is 2. The van der Waals surface area contributed by atoms with Crippen LogP contribution in [0.5, 0.6) is 5.75 Å². The van der Waals surface area contributed by atoms with Crippen LogP contribution in [-0.2, 0) is 46.4 Å². The summed E-state index contributed by atoms with van der Waals surface area (Å²) in [6.07, 6.45) is 0.533. The van der Waals surface area contributed by atoms with Gasteiger partial charge in [-0.2, -0.15) is 0 Å². The lowest BCUT2D eigenvalue weighted by molar-refractivity contribution is -0.158. The minimum absolute atomic E-state index is 0.161. The number of hydrogen-bond donors (Lipinski definition) is 1. The summed E-state index contributed by atoms with van der Waals surface area (Å²) in [6.45, 7) is 6.51. The summed E-state index contributed by atoms with van der Waals surface area (Å²) >= 11 is 0. The van der Waals surface area contributed by atoms with Crippen molar-refractivity contribution in [2.75, 3.05) is 41.0 Å². The lowest BCUT2D eigenvalue weighted by Crippen LogP contribution is -2.56. The predicted octanol–water partition coefficient (Wildman–Crippen LogP) is 3.74. The Morgan fingerprint density at radius 3 is 2.44 bits per heavy atom. The largest absolute Gasteiger partial charge is 0.488 e. The van der Waals surface area contributed by atoms with Crippen molar-refractivity contribution in [3.05, 3.63) is 52.6 Å². The van der Waals surface area contributed by atoms with Crippen molar-refractivity contribution < 1.29 is 52.5 Å². The second-order valence-corrected chi connectivity index (χ2v) is 15.1. The number of ether oxygens (including phenoxy) is 5. The third kappa shape index (κ3) is 7.85. The van der Waals surface area contributed by atoms with Crippen LogP contribution in [0.25, 0.3) is 11.1 Å². The summed E-state index contributed by atoms with van der Waals surface area (Å²) in [6, 6.07) is 6.42. The zero-order valence-corrected chi connectivity index (χ0v) is 31.7. The second kappa shape index (κ2) is 16.3. The van der Waals surface area contributed by atoms with Crippen LogP contribution in [0.1, 0.15) is 78.3 Å². The number of nitrogens with one attached hydrogen (secondary N) is 1. The number of amides is 2. The van der Waals surface area contributed by atoms with Gasteiger partial charge in [0.1, 0.15) is 30.5 Å². The first-order valence-corrected chi connectivity index (χ1v) is 18.5. The minimum Gasteiger partial charge on any atom is -0.488 e. The zero-order valence-electron chi connectivity index (χ0n) is 31.7. The molecule has 0 aromatic heterocycles. The SMILES string of the molecule is COC[C@H]1C[C@@H](C(=O)OCC(=O)c2ccc3c(c2)COc2cc4c(cc2-3)CCC(OC(=O)[C@@H]2CC[C@H](C)N2C(=O)[C@@H](NC(=O)OC)C(C)C)C4=O)N(C)C1. The van der Waals surface area contributed by atoms with Crippen molar-refractivity contribution in [3.8, 4) is 16.9 Å². The van der Waals surface area contributed by atoms with Crippen LogP contribution >= 0.6 is 0 Å². The molecule has 2 saturated heterocycles. The molecule has 2 aromatic carbocycles. The summed E-state index contributed by atoms with van der Waals surface area (Å²) in [4.78, 5) is 82.1. The molecule has 290 valence electrons. The van der Waals surface area contributed by atoms with E-state index >= 15 is 0 Å². The summed E-state index contributed by atoms with van der Waals surface area (Å²) in [5.41, 5.74) is 4.04. The average molecular weight is 748 g/mol. The lowest BCUT2D eigenvalue weighted by Gasteiger charge is -2.33. The standard InChI is InChI=1S/C40H49N3O11/c1-21(2)35(41-40(49)51-6)37(46)43-22(3)7-11-30(43)39(48)54-33-12-9-24-15-29-27-10-8-25(14-26(27)19-52-34(29)16-28(24)36(33)45)32(44)20-53-38(47)31-13-23(18-50-5)17-42(31)4/h8,10,14-16,21-23,30-31,33,35H,7,9,11-13,17-20H2,1-6H3,(H,41,49)/t22-,23-,30-,31-,33?,35-/m0/s1. The summed E-state index contributed by atoms with van der Waals surface area (Å²) in [5, 5.41) is 2.58. The highest BCUT2D eigenvalue weighted by atomic mass is 16.6. The summed E-state index contributed by atoms with van der Waals surface area (Å²) in [7, 11) is 4.71. The average Bonchev–Trinajstić information content (AvgIpc) is 3.73. The number of alkyl carbamates (subject to hydrolysis) is 1. The van der Waals surface area contributed by atoms with Crippen molar-refractivity contribution in [3.63, 3.8) is 0 Å². The van der Waals surface area contributed by atoms with E-state index in [4.69, 9.17) is 23.7 Å². The molecule has 3 aliphatic heterocycles. The van der Waals surface area contributed by atoms with Crippen molar-refractivity contribution in [1.29, 1.82) is 0 Å². The predicted molar refractivity (Wildman–Crippen MR) is 194 cm³/mol. The fourth-order valence-corrected chi connectivity index (χ4v) is 8.12. The number of rotatable bonds is 11. The Morgan fingerprint density at radius 2 is 1.72 bits per heavy atom. The van der Waals surface area contributed by atoms with Gasteiger partial charge in [0.2, 0.25) is 11.7 Å². The molecule has 54 heavy (non-hydrogen) atoms. The van der Waals surface area contributed by atoms with Gasteiger partial charge in [0, 0.05) is 36.4 Å². The molecule has 0 bridgehead atoms. The van der Waals surface area contributed by atoms with Crippen LogP contribution < -0.4 is 10.1 Å². The van der Waals surface area contributed by atoms with Gasteiger partial charge in [0.15, 0.2) is 18.5 Å². The van der Waals surface area contributed by atoms with Gasteiger partial charge < -0.3 is 33.9 Å². The van der Waals surface area contributed by atoms with Crippen molar-refractivity contribution >= 4 is 35.5 Å². The normalized spacial score (nSPS) is 23.8. The summed E-state index contributed by atoms with van der Waals surface area (Å²) in [5.74, 6) is -1.68. The quantitative estimate of drug-likeness (QED) is 0.201.